The molecular formula is C23H31N7O. The van der Waals surface area contributed by atoms with Crippen molar-refractivity contribution in [2.45, 2.75) is 44.7 Å². The third-order valence-electron chi connectivity index (χ3n) is 6.61. The summed E-state index contributed by atoms with van der Waals surface area (Å²) in [5, 5.41) is 3.30. The second kappa shape index (κ2) is 8.80. The van der Waals surface area contributed by atoms with E-state index in [2.05, 4.69) is 61.4 Å². The number of rotatable bonds is 5. The maximum absolute atomic E-state index is 12.5. The number of benzene rings is 1. The number of likely N-dealkylation sites (N-methyl/N-ethyl adjacent to an activating group) is 1. The number of nitrogens with zero attached hydrogens (tertiary/aromatic N) is 5. The van der Waals surface area contributed by atoms with Gasteiger partial charge < -0.3 is 15.2 Å². The van der Waals surface area contributed by atoms with Crippen LogP contribution >= 0.6 is 0 Å². The fraction of sp³-hybridized carbons (Fsp3) is 0.522. The summed E-state index contributed by atoms with van der Waals surface area (Å²) in [7, 11) is 2.18. The summed E-state index contributed by atoms with van der Waals surface area (Å²) in [5.41, 5.74) is 3.57. The Bertz CT molecular complexity index is 1070. The van der Waals surface area contributed by atoms with Crippen LogP contribution in [0.25, 0.3) is 11.2 Å². The molecule has 0 unspecified atom stereocenters. The molecular weight excluding hydrogens is 390 g/mol. The monoisotopic (exact) mass is 421 g/mol. The topological polar surface area (TPSA) is 82.1 Å². The molecule has 1 saturated carbocycles. The molecule has 8 heteroatoms. The third-order valence-corrected chi connectivity index (χ3v) is 6.61. The number of piperazine rings is 1. The minimum atomic E-state index is -0.0818. The Morgan fingerprint density at radius 2 is 1.81 bits per heavy atom. The molecule has 1 aliphatic carbocycles. The Morgan fingerprint density at radius 1 is 1.06 bits per heavy atom. The molecule has 1 aliphatic heterocycles. The van der Waals surface area contributed by atoms with Gasteiger partial charge in [-0.25, -0.2) is 9.78 Å². The maximum atomic E-state index is 12.5. The van der Waals surface area contributed by atoms with Crippen LogP contribution in [0.1, 0.15) is 43.7 Å². The van der Waals surface area contributed by atoms with Crippen LogP contribution in [-0.4, -0.2) is 62.5 Å². The second-order valence-electron chi connectivity index (χ2n) is 8.92. The standard InChI is InChI=1S/C23H31N7O/c1-28-11-13-29(14-12-28)16-17-7-9-18(10-8-17)25-22-24-15-20-21(27-22)30(23(31)26-20)19-5-3-2-4-6-19/h7-10,15,19H,2-6,11-14,16H2,1H3,(H,26,31)(H,24,25,27). The van der Waals surface area contributed by atoms with Gasteiger partial charge in [-0.1, -0.05) is 31.4 Å². The summed E-state index contributed by atoms with van der Waals surface area (Å²) in [4.78, 5) is 29.4. The highest BCUT2D eigenvalue weighted by Gasteiger charge is 2.21. The summed E-state index contributed by atoms with van der Waals surface area (Å²) >= 11 is 0. The Labute approximate surface area is 182 Å². The van der Waals surface area contributed by atoms with E-state index in [0.29, 0.717) is 17.1 Å². The molecule has 2 N–H and O–H groups in total. The lowest BCUT2D eigenvalue weighted by atomic mass is 9.95. The Morgan fingerprint density at radius 3 is 2.55 bits per heavy atom. The van der Waals surface area contributed by atoms with Crippen molar-refractivity contribution < 1.29 is 0 Å². The first-order chi connectivity index (χ1) is 15.2. The maximum Gasteiger partial charge on any atom is 0.327 e. The zero-order chi connectivity index (χ0) is 21.2. The summed E-state index contributed by atoms with van der Waals surface area (Å²) < 4.78 is 1.83. The molecule has 3 heterocycles. The normalized spacial score (nSPS) is 19.1. The van der Waals surface area contributed by atoms with E-state index in [9.17, 15) is 4.79 Å². The Kier molecular flexibility index (Phi) is 5.74. The highest BCUT2D eigenvalue weighted by Crippen LogP contribution is 2.29. The number of H-pyrrole nitrogens is 1. The van der Waals surface area contributed by atoms with Gasteiger partial charge in [-0.2, -0.15) is 4.98 Å². The summed E-state index contributed by atoms with van der Waals surface area (Å²) in [6, 6.07) is 8.70. The van der Waals surface area contributed by atoms with Crippen LogP contribution in [0, 0.1) is 0 Å². The number of anilines is 2. The average molecular weight is 422 g/mol. The first kappa shape index (κ1) is 20.2. The van der Waals surface area contributed by atoms with Crippen LogP contribution < -0.4 is 11.0 Å². The van der Waals surface area contributed by atoms with Gasteiger partial charge in [0.25, 0.3) is 0 Å². The predicted octanol–water partition coefficient (Wildman–Crippen LogP) is 3.12. The van der Waals surface area contributed by atoms with Gasteiger partial charge in [-0.05, 0) is 37.6 Å². The SMILES string of the molecule is CN1CCN(Cc2ccc(Nc3ncc4[nH]c(=O)n(C5CCCCC5)c4n3)cc2)CC1. The molecule has 5 rings (SSSR count). The largest absolute Gasteiger partial charge is 0.327 e. The van der Waals surface area contributed by atoms with Gasteiger partial charge in [-0.3, -0.25) is 9.47 Å². The molecule has 0 bridgehead atoms. The molecule has 3 aromatic rings. The smallest absolute Gasteiger partial charge is 0.324 e. The van der Waals surface area contributed by atoms with E-state index < -0.39 is 0 Å². The van der Waals surface area contributed by atoms with Crippen LogP contribution in [-0.2, 0) is 6.54 Å². The number of imidazole rings is 1. The molecule has 164 valence electrons. The van der Waals surface area contributed by atoms with Crippen LogP contribution in [0.5, 0.6) is 0 Å². The fourth-order valence-electron chi connectivity index (χ4n) is 4.74. The van der Waals surface area contributed by atoms with Crippen LogP contribution in [0.3, 0.4) is 0 Å². The van der Waals surface area contributed by atoms with E-state index in [1.165, 1.54) is 24.8 Å². The highest BCUT2D eigenvalue weighted by atomic mass is 16.1. The minimum absolute atomic E-state index is 0.0818. The quantitative estimate of drug-likeness (QED) is 0.659. The van der Waals surface area contributed by atoms with E-state index in [1.54, 1.807) is 6.20 Å². The van der Waals surface area contributed by atoms with E-state index in [-0.39, 0.29) is 11.7 Å². The van der Waals surface area contributed by atoms with Crippen molar-refractivity contribution in [1.29, 1.82) is 0 Å². The minimum Gasteiger partial charge on any atom is -0.324 e. The number of nitrogens with one attached hydrogen (secondary N) is 2. The average Bonchev–Trinajstić information content (AvgIpc) is 3.12. The van der Waals surface area contributed by atoms with Gasteiger partial charge >= 0.3 is 5.69 Å². The first-order valence-electron chi connectivity index (χ1n) is 11.4. The first-order valence-corrected chi connectivity index (χ1v) is 11.4. The second-order valence-corrected chi connectivity index (χ2v) is 8.92. The van der Waals surface area contributed by atoms with E-state index in [0.717, 1.165) is 51.3 Å². The lowest BCUT2D eigenvalue weighted by Crippen LogP contribution is -2.43. The van der Waals surface area contributed by atoms with Gasteiger partial charge in [0.05, 0.1) is 6.20 Å². The third kappa shape index (κ3) is 4.50. The van der Waals surface area contributed by atoms with Gasteiger partial charge in [0.1, 0.15) is 5.52 Å². The van der Waals surface area contributed by atoms with Crippen molar-refractivity contribution in [3.63, 3.8) is 0 Å². The van der Waals surface area contributed by atoms with E-state index >= 15 is 0 Å². The van der Waals surface area contributed by atoms with Gasteiger partial charge in [0, 0.05) is 44.5 Å². The Hall–Kier alpha value is -2.71. The van der Waals surface area contributed by atoms with E-state index in [1.807, 2.05) is 4.57 Å². The van der Waals surface area contributed by atoms with Crippen LogP contribution in [0.2, 0.25) is 0 Å². The van der Waals surface area contributed by atoms with Crippen molar-refractivity contribution >= 4 is 22.8 Å². The summed E-state index contributed by atoms with van der Waals surface area (Å²) in [6.07, 6.45) is 7.36. The molecule has 1 aromatic carbocycles. The zero-order valence-corrected chi connectivity index (χ0v) is 18.2. The molecule has 0 atom stereocenters. The lowest BCUT2D eigenvalue weighted by molar-refractivity contribution is 0.148. The molecule has 0 radical (unpaired) electrons. The highest BCUT2D eigenvalue weighted by molar-refractivity contribution is 5.72. The fourth-order valence-corrected chi connectivity index (χ4v) is 4.74. The van der Waals surface area contributed by atoms with Crippen molar-refractivity contribution in [2.24, 2.45) is 0 Å². The zero-order valence-electron chi connectivity index (χ0n) is 18.2. The molecule has 1 saturated heterocycles. The number of hydrogen-bond acceptors (Lipinski definition) is 6. The molecule has 31 heavy (non-hydrogen) atoms. The lowest BCUT2D eigenvalue weighted by Gasteiger charge is -2.32. The van der Waals surface area contributed by atoms with E-state index in [4.69, 9.17) is 0 Å². The predicted molar refractivity (Wildman–Crippen MR) is 123 cm³/mol. The summed E-state index contributed by atoms with van der Waals surface area (Å²) in [5.74, 6) is 0.517. The van der Waals surface area contributed by atoms with Gasteiger partial charge in [0.15, 0.2) is 5.65 Å². The molecule has 0 amide bonds. The number of aromatic amines is 1. The van der Waals surface area contributed by atoms with Crippen LogP contribution in [0.4, 0.5) is 11.6 Å². The van der Waals surface area contributed by atoms with Gasteiger partial charge in [-0.15, -0.1) is 0 Å². The molecule has 8 nitrogen and oxygen atoms in total. The molecule has 2 fully saturated rings. The van der Waals surface area contributed by atoms with Crippen molar-refractivity contribution in [2.75, 3.05) is 38.5 Å². The van der Waals surface area contributed by atoms with Crippen LogP contribution in [0.15, 0.2) is 35.3 Å². The van der Waals surface area contributed by atoms with Crippen molar-refractivity contribution in [3.8, 4) is 0 Å². The molecule has 2 aliphatic rings. The van der Waals surface area contributed by atoms with Crippen molar-refractivity contribution in [1.82, 2.24) is 29.3 Å². The number of hydrogen-bond donors (Lipinski definition) is 2. The molecule has 2 aromatic heterocycles. The van der Waals surface area contributed by atoms with Crippen molar-refractivity contribution in [3.05, 3.63) is 46.5 Å². The number of aromatic nitrogens is 4. The number of fused-ring (bicyclic) bond motifs is 1. The molecule has 0 spiro atoms. The summed E-state index contributed by atoms with van der Waals surface area (Å²) in [6.45, 7) is 5.47. The Balaban J connectivity index is 1.30. The van der Waals surface area contributed by atoms with Gasteiger partial charge in [0.2, 0.25) is 5.95 Å².